The van der Waals surface area contributed by atoms with Crippen LogP contribution in [-0.4, -0.2) is 23.2 Å². The van der Waals surface area contributed by atoms with E-state index in [2.05, 4.69) is 5.32 Å². The molecule has 0 heterocycles. The number of rotatable bonds is 3. The molecule has 0 aromatic heterocycles. The fourth-order valence-electron chi connectivity index (χ4n) is 2.54. The van der Waals surface area contributed by atoms with Gasteiger partial charge in [-0.2, -0.15) is 0 Å². The summed E-state index contributed by atoms with van der Waals surface area (Å²) in [6.07, 6.45) is 3.79. The third-order valence-electron chi connectivity index (χ3n) is 3.75. The van der Waals surface area contributed by atoms with Gasteiger partial charge in [-0.3, -0.25) is 4.79 Å². The van der Waals surface area contributed by atoms with Crippen LogP contribution in [0.3, 0.4) is 0 Å². The Morgan fingerprint density at radius 2 is 2.11 bits per heavy atom. The first-order valence-electron chi connectivity index (χ1n) is 6.26. The van der Waals surface area contributed by atoms with Crippen LogP contribution in [0, 0.1) is 6.92 Å². The lowest BCUT2D eigenvalue weighted by Crippen LogP contribution is -2.49. The normalized spacial score (nSPS) is 17.7. The second kappa shape index (κ2) is 5.29. The van der Waals surface area contributed by atoms with E-state index in [4.69, 9.17) is 11.6 Å². The van der Waals surface area contributed by atoms with Crippen LogP contribution in [0.1, 0.15) is 41.6 Å². The second-order valence-corrected chi connectivity index (χ2v) is 5.42. The molecule has 1 fully saturated rings. The second-order valence-electron chi connectivity index (χ2n) is 5.01. The SMILES string of the molecule is Cc1c(Cl)cccc1C(=O)NC1(CO)CCCC1. The van der Waals surface area contributed by atoms with Crippen molar-refractivity contribution in [3.8, 4) is 0 Å². The highest BCUT2D eigenvalue weighted by molar-refractivity contribution is 6.31. The summed E-state index contributed by atoms with van der Waals surface area (Å²) in [5.74, 6) is -0.147. The molecule has 18 heavy (non-hydrogen) atoms. The summed E-state index contributed by atoms with van der Waals surface area (Å²) in [4.78, 5) is 12.3. The minimum absolute atomic E-state index is 0.00163. The maximum Gasteiger partial charge on any atom is 0.252 e. The monoisotopic (exact) mass is 267 g/mol. The molecule has 0 bridgehead atoms. The predicted octanol–water partition coefficient (Wildman–Crippen LogP) is 2.68. The molecule has 3 nitrogen and oxygen atoms in total. The van der Waals surface area contributed by atoms with Gasteiger partial charge in [0.05, 0.1) is 12.1 Å². The molecule has 4 heteroatoms. The van der Waals surface area contributed by atoms with Crippen LogP contribution in [0.15, 0.2) is 18.2 Å². The number of halogens is 1. The molecule has 1 aliphatic carbocycles. The van der Waals surface area contributed by atoms with Crippen LogP contribution in [0.5, 0.6) is 0 Å². The molecule has 1 aliphatic rings. The topological polar surface area (TPSA) is 49.3 Å². The van der Waals surface area contributed by atoms with E-state index in [1.165, 1.54) is 0 Å². The van der Waals surface area contributed by atoms with Gasteiger partial charge in [-0.1, -0.05) is 30.5 Å². The molecule has 2 rings (SSSR count). The fourth-order valence-corrected chi connectivity index (χ4v) is 2.71. The van der Waals surface area contributed by atoms with Gasteiger partial charge >= 0.3 is 0 Å². The van der Waals surface area contributed by atoms with Gasteiger partial charge in [0.15, 0.2) is 0 Å². The van der Waals surface area contributed by atoms with Crippen molar-refractivity contribution >= 4 is 17.5 Å². The summed E-state index contributed by atoms with van der Waals surface area (Å²) in [6, 6.07) is 5.30. The lowest BCUT2D eigenvalue weighted by atomic mass is 9.97. The summed E-state index contributed by atoms with van der Waals surface area (Å²) in [6.45, 7) is 1.83. The van der Waals surface area contributed by atoms with Crippen molar-refractivity contribution in [1.29, 1.82) is 0 Å². The van der Waals surface area contributed by atoms with E-state index in [1.807, 2.05) is 6.92 Å². The van der Waals surface area contributed by atoms with Gasteiger partial charge in [0.25, 0.3) is 5.91 Å². The lowest BCUT2D eigenvalue weighted by Gasteiger charge is -2.28. The maximum absolute atomic E-state index is 12.3. The molecular weight excluding hydrogens is 250 g/mol. The highest BCUT2D eigenvalue weighted by Gasteiger charge is 2.35. The van der Waals surface area contributed by atoms with Crippen molar-refractivity contribution in [2.24, 2.45) is 0 Å². The van der Waals surface area contributed by atoms with Gasteiger partial charge in [0.1, 0.15) is 0 Å². The smallest absolute Gasteiger partial charge is 0.252 e. The van der Waals surface area contributed by atoms with Crippen LogP contribution >= 0.6 is 11.6 Å². The highest BCUT2D eigenvalue weighted by Crippen LogP contribution is 2.30. The first-order valence-corrected chi connectivity index (χ1v) is 6.64. The minimum atomic E-state index is -0.439. The Bertz CT molecular complexity index is 453. The molecule has 0 unspecified atom stereocenters. The summed E-state index contributed by atoms with van der Waals surface area (Å²) in [7, 11) is 0. The fraction of sp³-hybridized carbons (Fsp3) is 0.500. The van der Waals surface area contributed by atoms with Crippen molar-refractivity contribution in [3.63, 3.8) is 0 Å². The minimum Gasteiger partial charge on any atom is -0.394 e. The number of aliphatic hydroxyl groups is 1. The van der Waals surface area contributed by atoms with Crippen LogP contribution in [0.4, 0.5) is 0 Å². The first kappa shape index (κ1) is 13.4. The molecule has 0 saturated heterocycles. The summed E-state index contributed by atoms with van der Waals surface area (Å²) in [5, 5.41) is 13.1. The number of carbonyl (C=O) groups is 1. The molecule has 98 valence electrons. The Hall–Kier alpha value is -1.06. The van der Waals surface area contributed by atoms with E-state index in [0.717, 1.165) is 31.2 Å². The summed E-state index contributed by atoms with van der Waals surface area (Å²) in [5.41, 5.74) is 0.927. The van der Waals surface area contributed by atoms with Crippen LogP contribution in [0.25, 0.3) is 0 Å². The molecule has 1 aromatic rings. The van der Waals surface area contributed by atoms with E-state index in [0.29, 0.717) is 10.6 Å². The van der Waals surface area contributed by atoms with E-state index >= 15 is 0 Å². The molecule has 1 aromatic carbocycles. The number of amides is 1. The van der Waals surface area contributed by atoms with Crippen LogP contribution in [-0.2, 0) is 0 Å². The Labute approximate surface area is 112 Å². The van der Waals surface area contributed by atoms with Gasteiger partial charge < -0.3 is 10.4 Å². The van der Waals surface area contributed by atoms with Crippen molar-refractivity contribution in [1.82, 2.24) is 5.32 Å². The molecule has 0 radical (unpaired) electrons. The van der Waals surface area contributed by atoms with Crippen molar-refractivity contribution in [2.75, 3.05) is 6.61 Å². The Kier molecular flexibility index (Phi) is 3.93. The molecule has 0 aliphatic heterocycles. The molecule has 0 spiro atoms. The van der Waals surface area contributed by atoms with Crippen molar-refractivity contribution in [2.45, 2.75) is 38.1 Å². The van der Waals surface area contributed by atoms with Gasteiger partial charge in [0.2, 0.25) is 0 Å². The molecule has 2 N–H and O–H groups in total. The average Bonchev–Trinajstić information content (AvgIpc) is 2.81. The van der Waals surface area contributed by atoms with E-state index < -0.39 is 5.54 Å². The molecule has 1 saturated carbocycles. The molecular formula is C14H18ClNO2. The number of benzene rings is 1. The number of aliphatic hydroxyl groups excluding tert-OH is 1. The average molecular weight is 268 g/mol. The first-order chi connectivity index (χ1) is 8.58. The summed E-state index contributed by atoms with van der Waals surface area (Å²) >= 11 is 6.01. The van der Waals surface area contributed by atoms with Gasteiger partial charge in [-0.05, 0) is 37.5 Å². The Morgan fingerprint density at radius 1 is 1.44 bits per heavy atom. The van der Waals surface area contributed by atoms with E-state index in [-0.39, 0.29) is 12.5 Å². The lowest BCUT2D eigenvalue weighted by molar-refractivity contribution is 0.0838. The largest absolute Gasteiger partial charge is 0.394 e. The van der Waals surface area contributed by atoms with Crippen molar-refractivity contribution in [3.05, 3.63) is 34.3 Å². The highest BCUT2D eigenvalue weighted by atomic mass is 35.5. The van der Waals surface area contributed by atoms with Crippen molar-refractivity contribution < 1.29 is 9.90 Å². The van der Waals surface area contributed by atoms with E-state index in [1.54, 1.807) is 18.2 Å². The summed E-state index contributed by atoms with van der Waals surface area (Å²) < 4.78 is 0. The number of carbonyl (C=O) groups excluding carboxylic acids is 1. The van der Waals surface area contributed by atoms with Crippen LogP contribution < -0.4 is 5.32 Å². The van der Waals surface area contributed by atoms with Gasteiger partial charge in [0, 0.05) is 10.6 Å². The maximum atomic E-state index is 12.3. The zero-order valence-corrected chi connectivity index (χ0v) is 11.3. The number of hydrogen-bond donors (Lipinski definition) is 2. The third kappa shape index (κ3) is 2.52. The molecule has 1 amide bonds. The molecule has 0 atom stereocenters. The Balaban J connectivity index is 2.19. The number of nitrogens with one attached hydrogen (secondary N) is 1. The number of hydrogen-bond acceptors (Lipinski definition) is 2. The third-order valence-corrected chi connectivity index (χ3v) is 4.16. The standard InChI is InChI=1S/C14H18ClNO2/c1-10-11(5-4-6-12(10)15)13(18)16-14(9-17)7-2-3-8-14/h4-6,17H,2-3,7-9H2,1H3,(H,16,18). The predicted molar refractivity (Wildman–Crippen MR) is 71.9 cm³/mol. The quantitative estimate of drug-likeness (QED) is 0.885. The van der Waals surface area contributed by atoms with Gasteiger partial charge in [-0.15, -0.1) is 0 Å². The van der Waals surface area contributed by atoms with Crippen LogP contribution in [0.2, 0.25) is 5.02 Å². The van der Waals surface area contributed by atoms with E-state index in [9.17, 15) is 9.90 Å². The zero-order valence-electron chi connectivity index (χ0n) is 10.5. The Morgan fingerprint density at radius 3 is 2.72 bits per heavy atom. The zero-order chi connectivity index (χ0) is 13.2. The van der Waals surface area contributed by atoms with Gasteiger partial charge in [-0.25, -0.2) is 0 Å².